The smallest absolute Gasteiger partial charge is 0.255 e. The number of hydrogen-bond donors (Lipinski definition) is 1. The first-order valence-electron chi connectivity index (χ1n) is 4.08. The number of carbonyl (C=O) groups is 1. The lowest BCUT2D eigenvalue weighted by molar-refractivity contribution is -0.116. The monoisotopic (exact) mass is 209 g/mol. The van der Waals surface area contributed by atoms with Gasteiger partial charge in [-0.1, -0.05) is 17.7 Å². The van der Waals surface area contributed by atoms with Crippen LogP contribution in [0.5, 0.6) is 0 Å². The van der Waals surface area contributed by atoms with Crippen molar-refractivity contribution in [3.05, 3.63) is 29.3 Å². The van der Waals surface area contributed by atoms with E-state index in [0.29, 0.717) is 16.5 Å². The second kappa shape index (κ2) is 3.31. The molecule has 1 aromatic carbocycles. The molecule has 0 unspecified atom stereocenters. The van der Waals surface area contributed by atoms with Gasteiger partial charge in [0.15, 0.2) is 0 Å². The number of hydrogen-bond acceptors (Lipinski definition) is 3. The van der Waals surface area contributed by atoms with Gasteiger partial charge in [0.05, 0.1) is 12.1 Å². The van der Waals surface area contributed by atoms with Crippen molar-refractivity contribution in [1.82, 2.24) is 0 Å². The molecular formula is C9H8ClN3O. The summed E-state index contributed by atoms with van der Waals surface area (Å²) in [4.78, 5) is 11.4. The number of nitrogens with two attached hydrogens (primary N) is 1. The van der Waals surface area contributed by atoms with Crippen molar-refractivity contribution in [2.24, 2.45) is 10.8 Å². The number of hydrazone groups is 1. The third-order valence-corrected chi connectivity index (χ3v) is 2.08. The highest BCUT2D eigenvalue weighted by molar-refractivity contribution is 6.31. The summed E-state index contributed by atoms with van der Waals surface area (Å²) in [5, 5.41) is 5.73. The fourth-order valence-electron chi connectivity index (χ4n) is 1.26. The summed E-state index contributed by atoms with van der Waals surface area (Å²) in [5.74, 6) is 0.194. The molecule has 72 valence electrons. The lowest BCUT2D eigenvalue weighted by atomic mass is 10.3. The summed E-state index contributed by atoms with van der Waals surface area (Å²) >= 11 is 5.79. The summed E-state index contributed by atoms with van der Waals surface area (Å²) in [7, 11) is 0. The molecule has 0 saturated carbocycles. The summed E-state index contributed by atoms with van der Waals surface area (Å²) < 4.78 is 0. The van der Waals surface area contributed by atoms with Crippen LogP contribution in [0.1, 0.15) is 6.42 Å². The van der Waals surface area contributed by atoms with Gasteiger partial charge in [-0.25, -0.2) is 0 Å². The van der Waals surface area contributed by atoms with Gasteiger partial charge in [0.2, 0.25) is 0 Å². The number of rotatable bonds is 1. The van der Waals surface area contributed by atoms with Crippen LogP contribution < -0.4 is 10.7 Å². The standard InChI is InChI=1S/C9H8ClN3O/c10-6-2-1-3-7(4-6)13-9(14)5-8(11)12-13/h1-4H,5H2,(H2,11,12). The Morgan fingerprint density at radius 1 is 1.50 bits per heavy atom. The van der Waals surface area contributed by atoms with E-state index in [1.165, 1.54) is 5.01 Å². The summed E-state index contributed by atoms with van der Waals surface area (Å²) in [6.07, 6.45) is 0.173. The number of carbonyl (C=O) groups excluding carboxylic acids is 1. The number of halogens is 1. The average molecular weight is 210 g/mol. The van der Waals surface area contributed by atoms with Crippen LogP contribution in [0.25, 0.3) is 0 Å². The third-order valence-electron chi connectivity index (χ3n) is 1.85. The van der Waals surface area contributed by atoms with E-state index in [-0.39, 0.29) is 12.3 Å². The minimum atomic E-state index is -0.134. The quantitative estimate of drug-likeness (QED) is 0.759. The van der Waals surface area contributed by atoms with Crippen molar-refractivity contribution >= 4 is 29.0 Å². The number of anilines is 1. The molecule has 0 saturated heterocycles. The molecule has 0 spiro atoms. The zero-order valence-corrected chi connectivity index (χ0v) is 8.03. The molecule has 1 heterocycles. The molecule has 4 nitrogen and oxygen atoms in total. The first kappa shape index (κ1) is 9.02. The van der Waals surface area contributed by atoms with Crippen molar-refractivity contribution in [1.29, 1.82) is 0 Å². The van der Waals surface area contributed by atoms with Crippen LogP contribution in [0.15, 0.2) is 29.4 Å². The highest BCUT2D eigenvalue weighted by atomic mass is 35.5. The molecule has 0 aliphatic carbocycles. The fourth-order valence-corrected chi connectivity index (χ4v) is 1.44. The molecule has 0 aromatic heterocycles. The van der Waals surface area contributed by atoms with Crippen LogP contribution in [-0.2, 0) is 4.79 Å². The third kappa shape index (κ3) is 1.56. The van der Waals surface area contributed by atoms with Crippen LogP contribution in [0.3, 0.4) is 0 Å². The number of nitrogens with zero attached hydrogens (tertiary/aromatic N) is 2. The maximum Gasteiger partial charge on any atom is 0.255 e. The lowest BCUT2D eigenvalue weighted by Gasteiger charge is -2.10. The van der Waals surface area contributed by atoms with Gasteiger partial charge in [0.25, 0.3) is 5.91 Å². The highest BCUT2D eigenvalue weighted by Gasteiger charge is 2.23. The Morgan fingerprint density at radius 2 is 2.29 bits per heavy atom. The van der Waals surface area contributed by atoms with Crippen LogP contribution >= 0.6 is 11.6 Å². The first-order valence-corrected chi connectivity index (χ1v) is 4.46. The van der Waals surface area contributed by atoms with Gasteiger partial charge < -0.3 is 5.73 Å². The zero-order valence-electron chi connectivity index (χ0n) is 7.27. The topological polar surface area (TPSA) is 58.7 Å². The SMILES string of the molecule is NC1=NN(c2cccc(Cl)c2)C(=O)C1. The van der Waals surface area contributed by atoms with E-state index in [4.69, 9.17) is 17.3 Å². The van der Waals surface area contributed by atoms with Gasteiger partial charge >= 0.3 is 0 Å². The number of amides is 1. The van der Waals surface area contributed by atoms with Crippen LogP contribution in [0.2, 0.25) is 5.02 Å². The molecule has 2 rings (SSSR count). The van der Waals surface area contributed by atoms with E-state index in [0.717, 1.165) is 0 Å². The van der Waals surface area contributed by atoms with Gasteiger partial charge in [-0.3, -0.25) is 4.79 Å². The Hall–Kier alpha value is -1.55. The molecule has 14 heavy (non-hydrogen) atoms. The second-order valence-corrected chi connectivity index (χ2v) is 3.39. The molecule has 5 heteroatoms. The Bertz CT molecular complexity index is 416. The average Bonchev–Trinajstić information content (AvgIpc) is 2.45. The molecule has 2 N–H and O–H groups in total. The highest BCUT2D eigenvalue weighted by Crippen LogP contribution is 2.22. The molecule has 1 aliphatic heterocycles. The number of amidine groups is 1. The van der Waals surface area contributed by atoms with Crippen LogP contribution in [0.4, 0.5) is 5.69 Å². The second-order valence-electron chi connectivity index (χ2n) is 2.95. The lowest BCUT2D eigenvalue weighted by Crippen LogP contribution is -2.19. The van der Waals surface area contributed by atoms with Crippen molar-refractivity contribution < 1.29 is 4.79 Å². The van der Waals surface area contributed by atoms with Crippen molar-refractivity contribution in [2.45, 2.75) is 6.42 Å². The molecule has 0 fully saturated rings. The van der Waals surface area contributed by atoms with Gasteiger partial charge in [0.1, 0.15) is 5.84 Å². The zero-order chi connectivity index (χ0) is 10.1. The van der Waals surface area contributed by atoms with Gasteiger partial charge in [0, 0.05) is 5.02 Å². The maximum atomic E-state index is 11.4. The van der Waals surface area contributed by atoms with Crippen LogP contribution in [0, 0.1) is 0 Å². The van der Waals surface area contributed by atoms with E-state index >= 15 is 0 Å². The van der Waals surface area contributed by atoms with E-state index in [1.807, 2.05) is 0 Å². The fraction of sp³-hybridized carbons (Fsp3) is 0.111. The molecule has 1 aliphatic rings. The molecule has 0 radical (unpaired) electrons. The molecule has 1 amide bonds. The van der Waals surface area contributed by atoms with Crippen LogP contribution in [-0.4, -0.2) is 11.7 Å². The molecule has 0 atom stereocenters. The minimum absolute atomic E-state index is 0.134. The Kier molecular flexibility index (Phi) is 2.13. The van der Waals surface area contributed by atoms with E-state index < -0.39 is 0 Å². The van der Waals surface area contributed by atoms with Crippen molar-refractivity contribution in [3.8, 4) is 0 Å². The minimum Gasteiger partial charge on any atom is -0.385 e. The molecule has 0 bridgehead atoms. The predicted octanol–water partition coefficient (Wildman–Crippen LogP) is 1.35. The van der Waals surface area contributed by atoms with Gasteiger partial charge in [-0.2, -0.15) is 10.1 Å². The van der Waals surface area contributed by atoms with E-state index in [9.17, 15) is 4.79 Å². The summed E-state index contributed by atoms with van der Waals surface area (Å²) in [6.45, 7) is 0. The molecular weight excluding hydrogens is 202 g/mol. The van der Waals surface area contributed by atoms with Gasteiger partial charge in [-0.05, 0) is 18.2 Å². The Labute approximate surface area is 86.0 Å². The summed E-state index contributed by atoms with van der Waals surface area (Å²) in [6, 6.07) is 6.92. The van der Waals surface area contributed by atoms with Gasteiger partial charge in [-0.15, -0.1) is 0 Å². The Balaban J connectivity index is 2.36. The Morgan fingerprint density at radius 3 is 2.86 bits per heavy atom. The number of benzene rings is 1. The summed E-state index contributed by atoms with van der Waals surface area (Å²) in [5.41, 5.74) is 6.09. The van der Waals surface area contributed by atoms with Crippen molar-refractivity contribution in [2.75, 3.05) is 5.01 Å². The first-order chi connectivity index (χ1) is 6.66. The van der Waals surface area contributed by atoms with E-state index in [2.05, 4.69) is 5.10 Å². The molecule has 1 aromatic rings. The largest absolute Gasteiger partial charge is 0.385 e. The normalized spacial score (nSPS) is 15.9. The maximum absolute atomic E-state index is 11.4. The van der Waals surface area contributed by atoms with E-state index in [1.54, 1.807) is 24.3 Å². The van der Waals surface area contributed by atoms with Crippen molar-refractivity contribution in [3.63, 3.8) is 0 Å². The predicted molar refractivity (Wildman–Crippen MR) is 55.2 cm³/mol.